The Kier molecular flexibility index (Phi) is 7.83. The molecule has 0 saturated carbocycles. The molecule has 20 heavy (non-hydrogen) atoms. The number of nitrogens with one attached hydrogen (secondary N) is 4. The molecule has 7 nitrogen and oxygen atoms in total. The summed E-state index contributed by atoms with van der Waals surface area (Å²) in [6.07, 6.45) is 1.17. The van der Waals surface area contributed by atoms with Gasteiger partial charge in [0, 0.05) is 12.1 Å². The third-order valence-corrected chi connectivity index (χ3v) is 2.59. The van der Waals surface area contributed by atoms with Gasteiger partial charge in [-0.1, -0.05) is 0 Å². The first kappa shape index (κ1) is 18.4. The predicted octanol–water partition coefficient (Wildman–Crippen LogP) is -0.288. The van der Waals surface area contributed by atoms with E-state index in [1.165, 1.54) is 6.92 Å². The molecule has 0 aliphatic heterocycles. The number of Topliss-reactive ketones (excluding diaryl/α,β-unsaturated/α-hetero) is 1. The van der Waals surface area contributed by atoms with Crippen LogP contribution in [0.25, 0.3) is 0 Å². The zero-order valence-corrected chi connectivity index (χ0v) is 12.8. The number of guanidine groups is 1. The Bertz CT molecular complexity index is 349. The van der Waals surface area contributed by atoms with Crippen LogP contribution >= 0.6 is 0 Å². The van der Waals surface area contributed by atoms with E-state index >= 15 is 0 Å². The number of hydrogen-bond donors (Lipinski definition) is 5. The molecule has 0 saturated heterocycles. The van der Waals surface area contributed by atoms with Crippen LogP contribution in [0.5, 0.6) is 0 Å². The van der Waals surface area contributed by atoms with Gasteiger partial charge in [0.05, 0.1) is 12.6 Å². The molecule has 0 radical (unpaired) electrons. The van der Waals surface area contributed by atoms with Gasteiger partial charge in [-0.25, -0.2) is 0 Å². The second-order valence-corrected chi connectivity index (χ2v) is 5.82. The standard InChI is InChI=1S/C13H27N5O2/c1-9(19)10(6-5-7-16-12(14)15)18-11(20)8-17-13(2,3)4/h10,17H,5-8H2,1-4H3,(H,18,20)(H4,14,15,16). The highest BCUT2D eigenvalue weighted by Gasteiger charge is 2.18. The lowest BCUT2D eigenvalue weighted by molar-refractivity contribution is -0.126. The topological polar surface area (TPSA) is 120 Å². The number of hydrogen-bond acceptors (Lipinski definition) is 4. The fourth-order valence-electron chi connectivity index (χ4n) is 1.50. The summed E-state index contributed by atoms with van der Waals surface area (Å²) in [5, 5.41) is 15.5. The van der Waals surface area contributed by atoms with Crippen molar-refractivity contribution < 1.29 is 9.59 Å². The van der Waals surface area contributed by atoms with E-state index in [1.54, 1.807) is 0 Å². The van der Waals surface area contributed by atoms with Crippen molar-refractivity contribution in [2.45, 2.75) is 52.1 Å². The Hall–Kier alpha value is -1.63. The highest BCUT2D eigenvalue weighted by molar-refractivity contribution is 5.88. The average molecular weight is 285 g/mol. The van der Waals surface area contributed by atoms with Gasteiger partial charge in [-0.2, -0.15) is 0 Å². The smallest absolute Gasteiger partial charge is 0.234 e. The summed E-state index contributed by atoms with van der Waals surface area (Å²) < 4.78 is 0. The molecule has 0 aliphatic carbocycles. The molecular weight excluding hydrogens is 258 g/mol. The van der Waals surface area contributed by atoms with Gasteiger partial charge >= 0.3 is 0 Å². The molecule has 0 aromatic rings. The van der Waals surface area contributed by atoms with E-state index < -0.39 is 6.04 Å². The summed E-state index contributed by atoms with van der Waals surface area (Å²) >= 11 is 0. The van der Waals surface area contributed by atoms with Gasteiger partial charge in [0.1, 0.15) is 0 Å². The molecule has 1 amide bonds. The lowest BCUT2D eigenvalue weighted by Gasteiger charge is -2.21. The van der Waals surface area contributed by atoms with Crippen LogP contribution in [-0.2, 0) is 9.59 Å². The molecule has 6 N–H and O–H groups in total. The van der Waals surface area contributed by atoms with Crippen LogP contribution in [0.4, 0.5) is 0 Å². The summed E-state index contributed by atoms with van der Waals surface area (Å²) in [5.41, 5.74) is 5.01. The zero-order chi connectivity index (χ0) is 15.8. The predicted molar refractivity (Wildman–Crippen MR) is 79.5 cm³/mol. The minimum absolute atomic E-state index is 0.0723. The van der Waals surface area contributed by atoms with Crippen molar-refractivity contribution in [3.63, 3.8) is 0 Å². The lowest BCUT2D eigenvalue weighted by atomic mass is 10.1. The Morgan fingerprint density at radius 1 is 1.30 bits per heavy atom. The van der Waals surface area contributed by atoms with Gasteiger partial charge in [-0.3, -0.25) is 15.0 Å². The molecule has 0 spiro atoms. The SMILES string of the molecule is CC(=O)C(CCCNC(=N)N)NC(=O)CNC(C)(C)C. The van der Waals surface area contributed by atoms with Gasteiger partial charge in [0.15, 0.2) is 11.7 Å². The molecule has 116 valence electrons. The average Bonchev–Trinajstić information content (AvgIpc) is 2.29. The first-order valence-corrected chi connectivity index (χ1v) is 6.74. The van der Waals surface area contributed by atoms with Crippen LogP contribution in [0.2, 0.25) is 0 Å². The Labute approximate surface area is 120 Å². The molecule has 0 fully saturated rings. The van der Waals surface area contributed by atoms with Gasteiger partial charge in [-0.05, 0) is 40.5 Å². The third kappa shape index (κ3) is 10.3. The Morgan fingerprint density at radius 2 is 1.90 bits per heavy atom. The highest BCUT2D eigenvalue weighted by Crippen LogP contribution is 2.00. The fraction of sp³-hybridized carbons (Fsp3) is 0.769. The second kappa shape index (κ2) is 8.52. The van der Waals surface area contributed by atoms with Crippen LogP contribution in [0.15, 0.2) is 0 Å². The summed E-state index contributed by atoms with van der Waals surface area (Å²) in [4.78, 5) is 23.2. The Morgan fingerprint density at radius 3 is 2.35 bits per heavy atom. The zero-order valence-electron chi connectivity index (χ0n) is 12.8. The number of ketones is 1. The van der Waals surface area contributed by atoms with Crippen molar-refractivity contribution in [2.75, 3.05) is 13.1 Å². The number of rotatable bonds is 8. The lowest BCUT2D eigenvalue weighted by Crippen LogP contribution is -2.47. The Balaban J connectivity index is 4.10. The molecule has 0 aromatic carbocycles. The number of nitrogens with two attached hydrogens (primary N) is 1. The highest BCUT2D eigenvalue weighted by atomic mass is 16.2. The van der Waals surface area contributed by atoms with E-state index in [9.17, 15) is 9.59 Å². The number of carbonyl (C=O) groups is 2. The van der Waals surface area contributed by atoms with E-state index in [2.05, 4.69) is 16.0 Å². The molecule has 0 aliphatic rings. The quantitative estimate of drug-likeness (QED) is 0.238. The minimum Gasteiger partial charge on any atom is -0.370 e. The van der Waals surface area contributed by atoms with Crippen molar-refractivity contribution >= 4 is 17.6 Å². The van der Waals surface area contributed by atoms with Crippen molar-refractivity contribution in [3.8, 4) is 0 Å². The summed E-state index contributed by atoms with van der Waals surface area (Å²) in [6.45, 7) is 8.05. The first-order chi connectivity index (χ1) is 9.11. The van der Waals surface area contributed by atoms with Crippen LogP contribution in [0.1, 0.15) is 40.5 Å². The molecule has 7 heteroatoms. The number of carbonyl (C=O) groups excluding carboxylic acids is 2. The van der Waals surface area contributed by atoms with E-state index in [0.29, 0.717) is 19.4 Å². The molecule has 0 bridgehead atoms. The largest absolute Gasteiger partial charge is 0.370 e. The van der Waals surface area contributed by atoms with Gasteiger partial charge in [-0.15, -0.1) is 0 Å². The summed E-state index contributed by atoms with van der Waals surface area (Å²) in [5.74, 6) is -0.362. The van der Waals surface area contributed by atoms with Gasteiger partial charge < -0.3 is 21.7 Å². The molecular formula is C13H27N5O2. The van der Waals surface area contributed by atoms with E-state index in [0.717, 1.165) is 0 Å². The molecule has 0 aromatic heterocycles. The van der Waals surface area contributed by atoms with Crippen molar-refractivity contribution in [3.05, 3.63) is 0 Å². The monoisotopic (exact) mass is 285 g/mol. The molecule has 1 unspecified atom stereocenters. The minimum atomic E-state index is -0.488. The molecule has 0 rings (SSSR count). The summed E-state index contributed by atoms with van der Waals surface area (Å²) in [7, 11) is 0. The van der Waals surface area contributed by atoms with Crippen LogP contribution in [0, 0.1) is 5.41 Å². The second-order valence-electron chi connectivity index (χ2n) is 5.82. The van der Waals surface area contributed by atoms with Crippen molar-refractivity contribution in [2.24, 2.45) is 5.73 Å². The van der Waals surface area contributed by atoms with Crippen molar-refractivity contribution in [1.29, 1.82) is 5.41 Å². The van der Waals surface area contributed by atoms with E-state index in [-0.39, 0.29) is 29.7 Å². The normalized spacial score (nSPS) is 12.6. The van der Waals surface area contributed by atoms with E-state index in [1.807, 2.05) is 20.8 Å². The number of amides is 1. The fourth-order valence-corrected chi connectivity index (χ4v) is 1.50. The van der Waals surface area contributed by atoms with E-state index in [4.69, 9.17) is 11.1 Å². The third-order valence-electron chi connectivity index (χ3n) is 2.59. The van der Waals surface area contributed by atoms with Crippen LogP contribution in [-0.4, -0.2) is 42.3 Å². The van der Waals surface area contributed by atoms with Crippen LogP contribution < -0.4 is 21.7 Å². The van der Waals surface area contributed by atoms with Crippen LogP contribution in [0.3, 0.4) is 0 Å². The van der Waals surface area contributed by atoms with Gasteiger partial charge in [0.25, 0.3) is 0 Å². The maximum Gasteiger partial charge on any atom is 0.234 e. The molecule has 0 heterocycles. The molecule has 1 atom stereocenters. The summed E-state index contributed by atoms with van der Waals surface area (Å²) in [6, 6.07) is -0.488. The van der Waals surface area contributed by atoms with Gasteiger partial charge in [0.2, 0.25) is 5.91 Å². The van der Waals surface area contributed by atoms with Crippen molar-refractivity contribution in [1.82, 2.24) is 16.0 Å². The first-order valence-electron chi connectivity index (χ1n) is 6.74. The maximum absolute atomic E-state index is 11.7. The maximum atomic E-state index is 11.7.